The zero-order valence-corrected chi connectivity index (χ0v) is 22.9. The molecule has 190 valence electrons. The Morgan fingerprint density at radius 3 is 2.13 bits per heavy atom. The van der Waals surface area contributed by atoms with Crippen molar-refractivity contribution < 1.29 is 0 Å². The third-order valence-electron chi connectivity index (χ3n) is 7.41. The van der Waals surface area contributed by atoms with E-state index in [4.69, 9.17) is 0 Å². The Hall–Kier alpha value is -4.82. The fraction of sp³-hybridized carbons (Fsp3) is 0.176. The third kappa shape index (κ3) is 4.34. The van der Waals surface area contributed by atoms with E-state index in [-0.39, 0.29) is 0 Å². The molecule has 5 heteroatoms. The van der Waals surface area contributed by atoms with Crippen molar-refractivity contribution >= 4 is 21.8 Å². The van der Waals surface area contributed by atoms with Crippen LogP contribution in [0, 0.1) is 45.9 Å². The van der Waals surface area contributed by atoms with Gasteiger partial charge in [0, 0.05) is 28.4 Å². The first-order valence-corrected chi connectivity index (χ1v) is 13.1. The molecule has 0 saturated carbocycles. The molecule has 0 saturated heterocycles. The van der Waals surface area contributed by atoms with Crippen LogP contribution >= 0.6 is 0 Å². The van der Waals surface area contributed by atoms with E-state index in [1.165, 1.54) is 49.6 Å². The Labute approximate surface area is 228 Å². The van der Waals surface area contributed by atoms with Crippen LogP contribution in [-0.2, 0) is 6.54 Å². The number of nitriles is 1. The summed E-state index contributed by atoms with van der Waals surface area (Å²) in [6, 6.07) is 27.9. The molecule has 5 nitrogen and oxygen atoms in total. The molecule has 0 aliphatic heterocycles. The first-order chi connectivity index (χ1) is 18.8. The summed E-state index contributed by atoms with van der Waals surface area (Å²) in [6.07, 6.45) is 0. The summed E-state index contributed by atoms with van der Waals surface area (Å²) in [6.45, 7) is 10.9. The van der Waals surface area contributed by atoms with Gasteiger partial charge in [0.2, 0.25) is 0 Å². The number of aryl methyl sites for hydroxylation is 5. The van der Waals surface area contributed by atoms with Gasteiger partial charge in [-0.3, -0.25) is 0 Å². The predicted molar refractivity (Wildman–Crippen MR) is 158 cm³/mol. The van der Waals surface area contributed by atoms with Gasteiger partial charge in [0.1, 0.15) is 11.6 Å². The highest BCUT2D eigenvalue weighted by Gasteiger charge is 2.17. The van der Waals surface area contributed by atoms with Crippen LogP contribution in [0.15, 0.2) is 72.8 Å². The normalized spacial score (nSPS) is 11.3. The summed E-state index contributed by atoms with van der Waals surface area (Å²) in [7, 11) is 0. The molecular formula is C34H29N5. The maximum Gasteiger partial charge on any atom is 0.163 e. The molecule has 0 spiro atoms. The van der Waals surface area contributed by atoms with E-state index in [1.54, 1.807) is 0 Å². The molecule has 39 heavy (non-hydrogen) atoms. The van der Waals surface area contributed by atoms with Crippen molar-refractivity contribution in [3.8, 4) is 28.6 Å². The van der Waals surface area contributed by atoms with Crippen molar-refractivity contribution in [1.82, 2.24) is 19.5 Å². The van der Waals surface area contributed by atoms with Crippen molar-refractivity contribution in [3.05, 3.63) is 112 Å². The van der Waals surface area contributed by atoms with Gasteiger partial charge >= 0.3 is 0 Å². The quantitative estimate of drug-likeness (QED) is 0.244. The summed E-state index contributed by atoms with van der Waals surface area (Å²) in [5.74, 6) is 1.92. The Bertz CT molecular complexity index is 1910. The highest BCUT2D eigenvalue weighted by molar-refractivity contribution is 6.09. The average Bonchev–Trinajstić information content (AvgIpc) is 3.20. The first-order valence-electron chi connectivity index (χ1n) is 13.1. The van der Waals surface area contributed by atoms with Gasteiger partial charge in [-0.15, -0.1) is 0 Å². The summed E-state index contributed by atoms with van der Waals surface area (Å²) < 4.78 is 2.37. The van der Waals surface area contributed by atoms with E-state index >= 15 is 0 Å². The van der Waals surface area contributed by atoms with E-state index in [1.807, 2.05) is 32.0 Å². The molecular weight excluding hydrogens is 478 g/mol. The van der Waals surface area contributed by atoms with E-state index in [2.05, 4.69) is 101 Å². The Balaban J connectivity index is 1.58. The molecule has 0 aliphatic rings. The molecule has 0 amide bonds. The number of rotatable bonds is 4. The molecule has 6 rings (SSSR count). The van der Waals surface area contributed by atoms with E-state index in [9.17, 15) is 5.26 Å². The lowest BCUT2D eigenvalue weighted by Crippen LogP contribution is -2.05. The highest BCUT2D eigenvalue weighted by Crippen LogP contribution is 2.36. The van der Waals surface area contributed by atoms with Crippen LogP contribution in [-0.4, -0.2) is 19.5 Å². The average molecular weight is 508 g/mol. The highest BCUT2D eigenvalue weighted by atomic mass is 15.0. The van der Waals surface area contributed by atoms with Gasteiger partial charge in [-0.2, -0.15) is 5.26 Å². The summed E-state index contributed by atoms with van der Waals surface area (Å²) in [4.78, 5) is 13.6. The molecule has 0 N–H and O–H groups in total. The molecule has 4 aromatic carbocycles. The summed E-state index contributed by atoms with van der Waals surface area (Å²) in [5, 5.41) is 12.1. The Morgan fingerprint density at radius 1 is 0.718 bits per heavy atom. The van der Waals surface area contributed by atoms with E-state index < -0.39 is 0 Å². The second-order valence-corrected chi connectivity index (χ2v) is 10.3. The second-order valence-electron chi connectivity index (χ2n) is 10.3. The largest absolute Gasteiger partial charge is 0.336 e. The van der Waals surface area contributed by atoms with Crippen LogP contribution in [0.2, 0.25) is 0 Å². The van der Waals surface area contributed by atoms with Crippen molar-refractivity contribution in [2.24, 2.45) is 0 Å². The van der Waals surface area contributed by atoms with Crippen LogP contribution in [0.5, 0.6) is 0 Å². The number of hydrogen-bond donors (Lipinski definition) is 0. The maximum absolute atomic E-state index is 9.64. The fourth-order valence-electron chi connectivity index (χ4n) is 5.91. The van der Waals surface area contributed by atoms with Gasteiger partial charge in [-0.05, 0) is 86.7 Å². The first kappa shape index (κ1) is 24.5. The Kier molecular flexibility index (Phi) is 5.96. The van der Waals surface area contributed by atoms with Gasteiger partial charge in [0.05, 0.1) is 17.1 Å². The predicted octanol–water partition coefficient (Wildman–Crippen LogP) is 7.78. The third-order valence-corrected chi connectivity index (χ3v) is 7.41. The topological polar surface area (TPSA) is 67.4 Å². The molecule has 0 atom stereocenters. The van der Waals surface area contributed by atoms with Crippen LogP contribution in [0.3, 0.4) is 0 Å². The van der Waals surface area contributed by atoms with E-state index in [0.29, 0.717) is 29.6 Å². The summed E-state index contributed by atoms with van der Waals surface area (Å²) >= 11 is 0. The lowest BCUT2D eigenvalue weighted by Gasteiger charge is -2.15. The minimum atomic E-state index is 0.583. The molecule has 2 aromatic heterocycles. The Morgan fingerprint density at radius 2 is 1.41 bits per heavy atom. The van der Waals surface area contributed by atoms with Gasteiger partial charge in [0.15, 0.2) is 5.82 Å². The number of benzene rings is 4. The van der Waals surface area contributed by atoms with Gasteiger partial charge in [-0.1, -0.05) is 54.1 Å². The molecule has 0 bridgehead atoms. The molecule has 0 radical (unpaired) electrons. The van der Waals surface area contributed by atoms with Crippen LogP contribution in [0.25, 0.3) is 44.3 Å². The lowest BCUT2D eigenvalue weighted by molar-refractivity contribution is 0.863. The molecule has 0 unspecified atom stereocenters. The van der Waals surface area contributed by atoms with Gasteiger partial charge in [0.25, 0.3) is 0 Å². The smallest absolute Gasteiger partial charge is 0.163 e. The summed E-state index contributed by atoms with van der Waals surface area (Å²) in [5.41, 5.74) is 11.2. The van der Waals surface area contributed by atoms with Crippen LogP contribution in [0.4, 0.5) is 0 Å². The van der Waals surface area contributed by atoms with E-state index in [0.717, 1.165) is 11.1 Å². The molecule has 0 aliphatic carbocycles. The molecule has 2 heterocycles. The minimum Gasteiger partial charge on any atom is -0.336 e. The number of fused-ring (bicyclic) bond motifs is 3. The lowest BCUT2D eigenvalue weighted by atomic mass is 9.93. The van der Waals surface area contributed by atoms with Gasteiger partial charge in [-0.25, -0.2) is 15.0 Å². The zero-order chi connectivity index (χ0) is 27.3. The number of nitrogens with zero attached hydrogens (tertiary/aromatic N) is 5. The number of aromatic nitrogens is 4. The fourth-order valence-corrected chi connectivity index (χ4v) is 5.91. The minimum absolute atomic E-state index is 0.583. The van der Waals surface area contributed by atoms with Crippen LogP contribution < -0.4 is 0 Å². The SMILES string of the molecule is Cc1cc(C)c(-c2ccc3c4ccccc4n(Cc4ccc(C#N)cc4-c4nc(C)nc(C)n4)c3c2)c(C)c1. The second kappa shape index (κ2) is 9.49. The zero-order valence-electron chi connectivity index (χ0n) is 22.9. The number of hydrogen-bond acceptors (Lipinski definition) is 4. The standard InChI is InChI=1S/C34H29N5/c1-20-14-21(2)33(22(3)15-20)26-12-13-29-28-8-6-7-9-31(28)39(32(29)17-26)19-27-11-10-25(18-35)16-30(27)34-37-23(4)36-24(5)38-34/h6-17H,19H2,1-5H3. The molecule has 6 aromatic rings. The van der Waals surface area contributed by atoms with Crippen molar-refractivity contribution in [1.29, 1.82) is 5.26 Å². The molecule has 0 fully saturated rings. The van der Waals surface area contributed by atoms with Crippen molar-refractivity contribution in [3.63, 3.8) is 0 Å². The van der Waals surface area contributed by atoms with Gasteiger partial charge < -0.3 is 4.57 Å². The monoisotopic (exact) mass is 507 g/mol. The van der Waals surface area contributed by atoms with Crippen LogP contribution in [0.1, 0.15) is 39.5 Å². The maximum atomic E-state index is 9.64. The van der Waals surface area contributed by atoms with Crippen molar-refractivity contribution in [2.45, 2.75) is 41.2 Å². The number of para-hydroxylation sites is 1. The van der Waals surface area contributed by atoms with Crippen molar-refractivity contribution in [2.75, 3.05) is 0 Å².